The van der Waals surface area contributed by atoms with Crippen LogP contribution in [-0.4, -0.2) is 10.7 Å². The van der Waals surface area contributed by atoms with Crippen LogP contribution in [0, 0.1) is 10.1 Å². The Kier molecular flexibility index (Phi) is 5.11. The van der Waals surface area contributed by atoms with Gasteiger partial charge in [0, 0.05) is 17.0 Å². The lowest BCUT2D eigenvalue weighted by molar-refractivity contribution is -0.384. The predicted octanol–water partition coefficient (Wildman–Crippen LogP) is 3.46. The molecule has 2 N–H and O–H groups in total. The van der Waals surface area contributed by atoms with E-state index in [1.54, 1.807) is 17.8 Å². The second kappa shape index (κ2) is 6.37. The lowest BCUT2D eigenvalue weighted by Crippen LogP contribution is -1.93. The average Bonchev–Trinajstić information content (AvgIpc) is 2.26. The van der Waals surface area contributed by atoms with Crippen LogP contribution >= 0.6 is 11.8 Å². The summed E-state index contributed by atoms with van der Waals surface area (Å²) in [6.07, 6.45) is 3.55. The zero-order valence-corrected chi connectivity index (χ0v) is 10.1. The largest absolute Gasteiger partial charge is 0.398 e. The molecule has 0 atom stereocenters. The second-order valence-corrected chi connectivity index (χ2v) is 4.67. The zero-order valence-electron chi connectivity index (χ0n) is 9.31. The molecule has 0 unspecified atom stereocenters. The highest BCUT2D eigenvalue weighted by molar-refractivity contribution is 7.99. The van der Waals surface area contributed by atoms with Crippen LogP contribution in [-0.2, 0) is 0 Å². The maximum absolute atomic E-state index is 10.5. The number of nitrogens with two attached hydrogens (primary N) is 1. The van der Waals surface area contributed by atoms with Crippen molar-refractivity contribution in [1.82, 2.24) is 0 Å². The number of anilines is 1. The van der Waals surface area contributed by atoms with Crippen molar-refractivity contribution in [2.45, 2.75) is 31.1 Å². The predicted molar refractivity (Wildman–Crippen MR) is 67.8 cm³/mol. The van der Waals surface area contributed by atoms with E-state index in [0.717, 1.165) is 17.1 Å². The molecule has 1 rings (SSSR count). The Hall–Kier alpha value is -1.23. The summed E-state index contributed by atoms with van der Waals surface area (Å²) in [5, 5.41) is 10.5. The molecule has 4 nitrogen and oxygen atoms in total. The summed E-state index contributed by atoms with van der Waals surface area (Å²) in [5.41, 5.74) is 6.30. The average molecular weight is 240 g/mol. The van der Waals surface area contributed by atoms with Crippen LogP contribution in [0.3, 0.4) is 0 Å². The highest BCUT2D eigenvalue weighted by Crippen LogP contribution is 2.29. The van der Waals surface area contributed by atoms with Gasteiger partial charge in [-0.25, -0.2) is 0 Å². The van der Waals surface area contributed by atoms with Crippen molar-refractivity contribution in [3.8, 4) is 0 Å². The first-order valence-corrected chi connectivity index (χ1v) is 6.30. The van der Waals surface area contributed by atoms with Crippen molar-refractivity contribution in [2.75, 3.05) is 11.5 Å². The van der Waals surface area contributed by atoms with Crippen LogP contribution in [0.1, 0.15) is 26.2 Å². The molecule has 0 radical (unpaired) electrons. The third-order valence-electron chi connectivity index (χ3n) is 2.21. The van der Waals surface area contributed by atoms with Gasteiger partial charge in [-0.1, -0.05) is 19.8 Å². The first-order chi connectivity index (χ1) is 7.65. The standard InChI is InChI=1S/C11H16N2O2S/c1-2-3-4-7-16-11-6-5-9(13(14)15)8-10(11)12/h5-6,8H,2-4,7,12H2,1H3. The molecule has 0 heterocycles. The summed E-state index contributed by atoms with van der Waals surface area (Å²) < 4.78 is 0. The van der Waals surface area contributed by atoms with Crippen molar-refractivity contribution in [3.05, 3.63) is 28.3 Å². The summed E-state index contributed by atoms with van der Waals surface area (Å²) >= 11 is 1.66. The molecule has 0 bridgehead atoms. The lowest BCUT2D eigenvalue weighted by Gasteiger charge is -2.04. The Bertz CT molecular complexity index is 369. The molecule has 0 amide bonds. The maximum Gasteiger partial charge on any atom is 0.271 e. The fraction of sp³-hybridized carbons (Fsp3) is 0.455. The van der Waals surface area contributed by atoms with Gasteiger partial charge < -0.3 is 5.73 Å². The molecule has 0 aliphatic heterocycles. The molecule has 0 aliphatic carbocycles. The van der Waals surface area contributed by atoms with Crippen LogP contribution in [0.25, 0.3) is 0 Å². The summed E-state index contributed by atoms with van der Waals surface area (Å²) in [7, 11) is 0. The third kappa shape index (κ3) is 3.73. The Morgan fingerprint density at radius 1 is 1.44 bits per heavy atom. The zero-order chi connectivity index (χ0) is 12.0. The fourth-order valence-corrected chi connectivity index (χ4v) is 2.27. The molecule has 0 spiro atoms. The summed E-state index contributed by atoms with van der Waals surface area (Å²) in [4.78, 5) is 11.0. The topological polar surface area (TPSA) is 69.2 Å². The molecule has 88 valence electrons. The van der Waals surface area contributed by atoms with Crippen molar-refractivity contribution >= 4 is 23.1 Å². The number of nitrogens with zero attached hydrogens (tertiary/aromatic N) is 1. The number of unbranched alkanes of at least 4 members (excludes halogenated alkanes) is 2. The molecule has 0 fully saturated rings. The van der Waals surface area contributed by atoms with E-state index in [2.05, 4.69) is 6.92 Å². The summed E-state index contributed by atoms with van der Waals surface area (Å²) in [6, 6.07) is 4.64. The number of nitro benzene ring substituents is 1. The summed E-state index contributed by atoms with van der Waals surface area (Å²) in [6.45, 7) is 2.16. The smallest absolute Gasteiger partial charge is 0.271 e. The van der Waals surface area contributed by atoms with Gasteiger partial charge in [-0.15, -0.1) is 11.8 Å². The molecule has 0 aliphatic rings. The van der Waals surface area contributed by atoms with Crippen molar-refractivity contribution in [1.29, 1.82) is 0 Å². The summed E-state index contributed by atoms with van der Waals surface area (Å²) in [5.74, 6) is 1.01. The van der Waals surface area contributed by atoms with Gasteiger partial charge in [-0.05, 0) is 18.2 Å². The van der Waals surface area contributed by atoms with Crippen LogP contribution in [0.15, 0.2) is 23.1 Å². The molecule has 1 aromatic carbocycles. The number of hydrogen-bond acceptors (Lipinski definition) is 4. The quantitative estimate of drug-likeness (QED) is 0.272. The van der Waals surface area contributed by atoms with Gasteiger partial charge in [0.05, 0.1) is 10.6 Å². The fourth-order valence-electron chi connectivity index (χ4n) is 1.32. The number of nitro groups is 1. The molecule has 0 saturated carbocycles. The number of thioether (sulfide) groups is 1. The van der Waals surface area contributed by atoms with Gasteiger partial charge in [-0.3, -0.25) is 10.1 Å². The van der Waals surface area contributed by atoms with E-state index in [-0.39, 0.29) is 5.69 Å². The minimum absolute atomic E-state index is 0.0513. The van der Waals surface area contributed by atoms with E-state index in [9.17, 15) is 10.1 Å². The van der Waals surface area contributed by atoms with Gasteiger partial charge in [-0.2, -0.15) is 0 Å². The minimum Gasteiger partial charge on any atom is -0.398 e. The van der Waals surface area contributed by atoms with Gasteiger partial charge >= 0.3 is 0 Å². The molecule has 0 saturated heterocycles. The molecular weight excluding hydrogens is 224 g/mol. The van der Waals surface area contributed by atoms with Gasteiger partial charge in [0.25, 0.3) is 5.69 Å². The molecule has 1 aromatic rings. The minimum atomic E-state index is -0.429. The van der Waals surface area contributed by atoms with Crippen molar-refractivity contribution < 1.29 is 4.92 Å². The Morgan fingerprint density at radius 3 is 2.75 bits per heavy atom. The monoisotopic (exact) mass is 240 g/mol. The third-order valence-corrected chi connectivity index (χ3v) is 3.39. The van der Waals surface area contributed by atoms with Crippen molar-refractivity contribution in [2.24, 2.45) is 0 Å². The van der Waals surface area contributed by atoms with Gasteiger partial charge in [0.1, 0.15) is 0 Å². The first-order valence-electron chi connectivity index (χ1n) is 5.32. The Balaban J connectivity index is 2.57. The number of nitrogen functional groups attached to an aromatic ring is 1. The molecule has 5 heteroatoms. The highest BCUT2D eigenvalue weighted by atomic mass is 32.2. The normalized spacial score (nSPS) is 10.3. The van der Waals surface area contributed by atoms with E-state index in [1.807, 2.05) is 0 Å². The van der Waals surface area contributed by atoms with Crippen LogP contribution in [0.5, 0.6) is 0 Å². The van der Waals surface area contributed by atoms with Crippen molar-refractivity contribution in [3.63, 3.8) is 0 Å². The molecule has 0 aromatic heterocycles. The van der Waals surface area contributed by atoms with Gasteiger partial charge in [0.15, 0.2) is 0 Å². The first kappa shape index (κ1) is 12.8. The van der Waals surface area contributed by atoms with E-state index >= 15 is 0 Å². The second-order valence-electron chi connectivity index (χ2n) is 3.53. The number of hydrogen-bond donors (Lipinski definition) is 1. The molecule has 16 heavy (non-hydrogen) atoms. The van der Waals surface area contributed by atoms with Crippen LogP contribution in [0.4, 0.5) is 11.4 Å². The number of benzene rings is 1. The number of rotatable bonds is 6. The number of non-ortho nitro benzene ring substituents is 1. The Labute approximate surface area is 99.4 Å². The van der Waals surface area contributed by atoms with E-state index in [4.69, 9.17) is 5.73 Å². The van der Waals surface area contributed by atoms with Gasteiger partial charge in [0.2, 0.25) is 0 Å². The van der Waals surface area contributed by atoms with Crippen LogP contribution < -0.4 is 5.73 Å². The van der Waals surface area contributed by atoms with E-state index < -0.39 is 4.92 Å². The molecular formula is C11H16N2O2S. The Morgan fingerprint density at radius 2 is 2.19 bits per heavy atom. The lowest BCUT2D eigenvalue weighted by atomic mass is 10.3. The van der Waals surface area contributed by atoms with E-state index in [1.165, 1.54) is 25.0 Å². The maximum atomic E-state index is 10.5. The highest BCUT2D eigenvalue weighted by Gasteiger charge is 2.08. The SMILES string of the molecule is CCCCCSc1ccc([N+](=O)[O-])cc1N. The van der Waals surface area contributed by atoms with E-state index in [0.29, 0.717) is 5.69 Å². The van der Waals surface area contributed by atoms with Crippen LogP contribution in [0.2, 0.25) is 0 Å².